The molecule has 106 valence electrons. The standard InChI is InChI=1S/C16H16ClF2N/c1-3-20-16(11-7-8-13(18)10(2)9-11)15-12(17)5-4-6-14(15)19/h4-9,16,20H,3H2,1-2H3. The molecule has 1 N–H and O–H groups in total. The van der Waals surface area contributed by atoms with Crippen LogP contribution in [-0.4, -0.2) is 6.54 Å². The van der Waals surface area contributed by atoms with Gasteiger partial charge < -0.3 is 5.32 Å². The van der Waals surface area contributed by atoms with E-state index in [4.69, 9.17) is 11.6 Å². The normalized spacial score (nSPS) is 12.4. The monoisotopic (exact) mass is 295 g/mol. The molecule has 0 saturated carbocycles. The van der Waals surface area contributed by atoms with E-state index < -0.39 is 6.04 Å². The highest BCUT2D eigenvalue weighted by atomic mass is 35.5. The number of rotatable bonds is 4. The zero-order valence-corrected chi connectivity index (χ0v) is 12.1. The summed E-state index contributed by atoms with van der Waals surface area (Å²) < 4.78 is 27.5. The molecule has 1 atom stereocenters. The van der Waals surface area contributed by atoms with E-state index in [0.29, 0.717) is 22.7 Å². The maximum absolute atomic E-state index is 14.1. The van der Waals surface area contributed by atoms with Crippen LogP contribution in [0.4, 0.5) is 8.78 Å². The van der Waals surface area contributed by atoms with Crippen LogP contribution >= 0.6 is 11.6 Å². The molecule has 4 heteroatoms. The van der Waals surface area contributed by atoms with Crippen LogP contribution in [0.1, 0.15) is 29.7 Å². The van der Waals surface area contributed by atoms with Crippen molar-refractivity contribution < 1.29 is 8.78 Å². The van der Waals surface area contributed by atoms with E-state index in [0.717, 1.165) is 5.56 Å². The fraction of sp³-hybridized carbons (Fsp3) is 0.250. The first-order valence-electron chi connectivity index (χ1n) is 6.48. The summed E-state index contributed by atoms with van der Waals surface area (Å²) in [5.74, 6) is -0.644. The van der Waals surface area contributed by atoms with E-state index >= 15 is 0 Å². The first-order chi connectivity index (χ1) is 9.54. The van der Waals surface area contributed by atoms with Crippen molar-refractivity contribution in [2.24, 2.45) is 0 Å². The van der Waals surface area contributed by atoms with Gasteiger partial charge in [0.05, 0.1) is 6.04 Å². The average molecular weight is 296 g/mol. The Hall–Kier alpha value is -1.45. The molecule has 0 aliphatic rings. The van der Waals surface area contributed by atoms with E-state index in [-0.39, 0.29) is 11.6 Å². The van der Waals surface area contributed by atoms with Gasteiger partial charge in [-0.15, -0.1) is 0 Å². The van der Waals surface area contributed by atoms with Crippen LogP contribution in [0.15, 0.2) is 36.4 Å². The van der Waals surface area contributed by atoms with E-state index in [2.05, 4.69) is 5.32 Å². The average Bonchev–Trinajstić information content (AvgIpc) is 2.41. The Bertz CT molecular complexity index is 593. The molecule has 0 aliphatic heterocycles. The highest BCUT2D eigenvalue weighted by Crippen LogP contribution is 2.31. The molecule has 0 aromatic heterocycles. The van der Waals surface area contributed by atoms with Crippen molar-refractivity contribution in [1.29, 1.82) is 0 Å². The number of nitrogens with one attached hydrogen (secondary N) is 1. The number of aryl methyl sites for hydroxylation is 1. The lowest BCUT2D eigenvalue weighted by Crippen LogP contribution is -2.23. The Labute approximate surface area is 122 Å². The van der Waals surface area contributed by atoms with Gasteiger partial charge in [0.1, 0.15) is 11.6 Å². The van der Waals surface area contributed by atoms with Gasteiger partial charge >= 0.3 is 0 Å². The minimum Gasteiger partial charge on any atom is -0.306 e. The van der Waals surface area contributed by atoms with Crippen molar-refractivity contribution >= 4 is 11.6 Å². The van der Waals surface area contributed by atoms with Gasteiger partial charge in [-0.25, -0.2) is 8.78 Å². The van der Waals surface area contributed by atoms with Gasteiger partial charge in [0.15, 0.2) is 0 Å². The summed E-state index contributed by atoms with van der Waals surface area (Å²) in [5, 5.41) is 3.56. The van der Waals surface area contributed by atoms with Gasteiger partial charge in [0, 0.05) is 10.6 Å². The SMILES string of the molecule is CCNC(c1ccc(F)c(C)c1)c1c(F)cccc1Cl. The Morgan fingerprint density at radius 3 is 2.50 bits per heavy atom. The molecule has 1 unspecified atom stereocenters. The molecule has 2 aromatic rings. The molecular formula is C16H16ClF2N. The topological polar surface area (TPSA) is 12.0 Å². The Balaban J connectivity index is 2.53. The highest BCUT2D eigenvalue weighted by Gasteiger charge is 2.20. The molecule has 0 radical (unpaired) electrons. The molecule has 0 bridgehead atoms. The Kier molecular flexibility index (Phi) is 4.73. The van der Waals surface area contributed by atoms with Crippen LogP contribution < -0.4 is 5.32 Å². The Morgan fingerprint density at radius 2 is 1.90 bits per heavy atom. The van der Waals surface area contributed by atoms with Crippen LogP contribution in [0.3, 0.4) is 0 Å². The molecule has 1 nitrogen and oxygen atoms in total. The summed E-state index contributed by atoms with van der Waals surface area (Å²) in [5.41, 5.74) is 1.71. The molecule has 0 amide bonds. The van der Waals surface area contributed by atoms with Crippen LogP contribution in [0, 0.1) is 18.6 Å². The van der Waals surface area contributed by atoms with Crippen LogP contribution in [0.5, 0.6) is 0 Å². The molecule has 0 heterocycles. The maximum atomic E-state index is 14.1. The molecule has 0 aliphatic carbocycles. The van der Waals surface area contributed by atoms with E-state index in [1.807, 2.05) is 6.92 Å². The van der Waals surface area contributed by atoms with Crippen LogP contribution in [0.2, 0.25) is 5.02 Å². The predicted octanol–water partition coefficient (Wildman–Crippen LogP) is 4.63. The molecule has 0 saturated heterocycles. The smallest absolute Gasteiger partial charge is 0.129 e. The summed E-state index contributed by atoms with van der Waals surface area (Å²) >= 11 is 6.13. The van der Waals surface area contributed by atoms with Gasteiger partial charge in [-0.1, -0.05) is 36.7 Å². The summed E-state index contributed by atoms with van der Waals surface area (Å²) in [6, 6.07) is 8.96. The third kappa shape index (κ3) is 3.00. The van der Waals surface area contributed by atoms with Crippen molar-refractivity contribution in [2.45, 2.75) is 19.9 Å². The molecule has 20 heavy (non-hydrogen) atoms. The minimum absolute atomic E-state index is 0.274. The highest BCUT2D eigenvalue weighted by molar-refractivity contribution is 6.31. The summed E-state index contributed by atoms with van der Waals surface area (Å²) in [4.78, 5) is 0. The van der Waals surface area contributed by atoms with Crippen LogP contribution in [0.25, 0.3) is 0 Å². The lowest BCUT2D eigenvalue weighted by Gasteiger charge is -2.21. The van der Waals surface area contributed by atoms with Crippen molar-refractivity contribution in [3.63, 3.8) is 0 Å². The molecule has 2 aromatic carbocycles. The molecule has 2 rings (SSSR count). The minimum atomic E-state index is -0.395. The number of hydrogen-bond donors (Lipinski definition) is 1. The van der Waals surface area contributed by atoms with E-state index in [1.54, 1.807) is 31.2 Å². The second-order valence-corrected chi connectivity index (χ2v) is 5.04. The first-order valence-corrected chi connectivity index (χ1v) is 6.85. The maximum Gasteiger partial charge on any atom is 0.129 e. The first kappa shape index (κ1) is 14.9. The second-order valence-electron chi connectivity index (χ2n) is 4.63. The van der Waals surface area contributed by atoms with E-state index in [1.165, 1.54) is 12.1 Å². The van der Waals surface area contributed by atoms with Crippen molar-refractivity contribution in [1.82, 2.24) is 5.32 Å². The quantitative estimate of drug-likeness (QED) is 0.867. The van der Waals surface area contributed by atoms with Gasteiger partial charge in [0.25, 0.3) is 0 Å². The lowest BCUT2D eigenvalue weighted by molar-refractivity contribution is 0.557. The Morgan fingerprint density at radius 1 is 1.15 bits per heavy atom. The van der Waals surface area contributed by atoms with Crippen molar-refractivity contribution in [3.8, 4) is 0 Å². The molecular weight excluding hydrogens is 280 g/mol. The van der Waals surface area contributed by atoms with Gasteiger partial charge in [0.2, 0.25) is 0 Å². The van der Waals surface area contributed by atoms with E-state index in [9.17, 15) is 8.78 Å². The number of hydrogen-bond acceptors (Lipinski definition) is 1. The predicted molar refractivity (Wildman–Crippen MR) is 78.1 cm³/mol. The van der Waals surface area contributed by atoms with Gasteiger partial charge in [-0.05, 0) is 42.8 Å². The fourth-order valence-corrected chi connectivity index (χ4v) is 2.50. The van der Waals surface area contributed by atoms with Gasteiger partial charge in [-0.2, -0.15) is 0 Å². The molecule has 0 spiro atoms. The largest absolute Gasteiger partial charge is 0.306 e. The zero-order valence-electron chi connectivity index (χ0n) is 11.4. The second kappa shape index (κ2) is 6.33. The number of halogens is 3. The zero-order chi connectivity index (χ0) is 14.7. The molecule has 0 fully saturated rings. The van der Waals surface area contributed by atoms with Crippen LogP contribution in [-0.2, 0) is 0 Å². The lowest BCUT2D eigenvalue weighted by atomic mass is 9.96. The fourth-order valence-electron chi connectivity index (χ4n) is 2.22. The summed E-state index contributed by atoms with van der Waals surface area (Å²) in [6.07, 6.45) is 0. The summed E-state index contributed by atoms with van der Waals surface area (Å²) in [7, 11) is 0. The van der Waals surface area contributed by atoms with Crippen molar-refractivity contribution in [3.05, 3.63) is 69.7 Å². The number of benzene rings is 2. The third-order valence-corrected chi connectivity index (χ3v) is 3.54. The van der Waals surface area contributed by atoms with Gasteiger partial charge in [-0.3, -0.25) is 0 Å². The summed E-state index contributed by atoms with van der Waals surface area (Å²) in [6.45, 7) is 4.26. The third-order valence-electron chi connectivity index (χ3n) is 3.21. The van der Waals surface area contributed by atoms with Crippen molar-refractivity contribution in [2.75, 3.05) is 6.54 Å².